The van der Waals surface area contributed by atoms with Gasteiger partial charge in [-0.05, 0) is 68.9 Å². The first-order valence-corrected chi connectivity index (χ1v) is 9.45. The van der Waals surface area contributed by atoms with Gasteiger partial charge in [0.05, 0.1) is 13.2 Å². The molecule has 1 aromatic carbocycles. The fourth-order valence-corrected chi connectivity index (χ4v) is 3.41. The molecule has 5 nitrogen and oxygen atoms in total. The van der Waals surface area contributed by atoms with Crippen molar-refractivity contribution in [2.75, 3.05) is 7.11 Å². The zero-order valence-corrected chi connectivity index (χ0v) is 16.8. The van der Waals surface area contributed by atoms with Crippen molar-refractivity contribution in [2.24, 2.45) is 0 Å². The number of carbonyl (C=O) groups is 1. The number of benzene rings is 1. The Morgan fingerprint density at radius 1 is 1.15 bits per heavy atom. The SMILES string of the molecule is COc1cc(/C=C2\C(=O)OC(C)(C)OC2=C(C)C)ccc1OC1CCCC1. The van der Waals surface area contributed by atoms with E-state index in [1.54, 1.807) is 27.0 Å². The van der Waals surface area contributed by atoms with Crippen LogP contribution in [0.25, 0.3) is 6.08 Å². The van der Waals surface area contributed by atoms with Crippen molar-refractivity contribution in [1.29, 1.82) is 0 Å². The maximum absolute atomic E-state index is 12.5. The maximum atomic E-state index is 12.5. The lowest BCUT2D eigenvalue weighted by Crippen LogP contribution is -2.38. The van der Waals surface area contributed by atoms with E-state index in [0.717, 1.165) is 29.7 Å². The summed E-state index contributed by atoms with van der Waals surface area (Å²) in [6.07, 6.45) is 6.60. The Morgan fingerprint density at radius 2 is 1.85 bits per heavy atom. The summed E-state index contributed by atoms with van der Waals surface area (Å²) in [5, 5.41) is 0. The van der Waals surface area contributed by atoms with Gasteiger partial charge in [-0.3, -0.25) is 0 Å². The predicted octanol–water partition coefficient (Wildman–Crippen LogP) is 5.00. The van der Waals surface area contributed by atoms with E-state index in [1.165, 1.54) is 12.8 Å². The summed E-state index contributed by atoms with van der Waals surface area (Å²) in [6, 6.07) is 5.67. The zero-order chi connectivity index (χ0) is 19.6. The highest BCUT2D eigenvalue weighted by atomic mass is 16.7. The number of esters is 1. The Balaban J connectivity index is 1.91. The Labute approximate surface area is 160 Å². The van der Waals surface area contributed by atoms with E-state index in [9.17, 15) is 4.79 Å². The Bertz CT molecular complexity index is 778. The normalized spacial score (nSPS) is 21.0. The molecule has 0 aromatic heterocycles. The van der Waals surface area contributed by atoms with Crippen LogP contribution >= 0.6 is 0 Å². The highest BCUT2D eigenvalue weighted by molar-refractivity contribution is 5.99. The summed E-state index contributed by atoms with van der Waals surface area (Å²) in [7, 11) is 1.62. The highest BCUT2D eigenvalue weighted by Crippen LogP contribution is 2.36. The summed E-state index contributed by atoms with van der Waals surface area (Å²) in [5.74, 6) is 0.574. The Hall–Kier alpha value is -2.43. The number of carbonyl (C=O) groups excluding carboxylic acids is 1. The van der Waals surface area contributed by atoms with Crippen LogP contribution in [0.15, 0.2) is 35.1 Å². The van der Waals surface area contributed by atoms with Gasteiger partial charge < -0.3 is 18.9 Å². The Morgan fingerprint density at radius 3 is 2.48 bits per heavy atom. The number of ether oxygens (including phenoxy) is 4. The lowest BCUT2D eigenvalue weighted by molar-refractivity contribution is -0.208. The van der Waals surface area contributed by atoms with Crippen molar-refractivity contribution in [1.82, 2.24) is 0 Å². The predicted molar refractivity (Wildman–Crippen MR) is 103 cm³/mol. The van der Waals surface area contributed by atoms with Crippen LogP contribution < -0.4 is 9.47 Å². The maximum Gasteiger partial charge on any atom is 0.345 e. The molecule has 0 bridgehead atoms. The molecule has 0 N–H and O–H groups in total. The van der Waals surface area contributed by atoms with Gasteiger partial charge in [-0.1, -0.05) is 6.07 Å². The monoisotopic (exact) mass is 372 g/mol. The molecule has 1 heterocycles. The topological polar surface area (TPSA) is 54.0 Å². The molecule has 0 atom stereocenters. The van der Waals surface area contributed by atoms with Gasteiger partial charge >= 0.3 is 5.97 Å². The molecule has 1 aromatic rings. The quantitative estimate of drug-likeness (QED) is 0.550. The molecule has 2 fully saturated rings. The number of methoxy groups -OCH3 is 1. The van der Waals surface area contributed by atoms with Gasteiger partial charge in [0, 0.05) is 13.8 Å². The minimum atomic E-state index is -0.975. The zero-order valence-electron chi connectivity index (χ0n) is 16.8. The number of rotatable bonds is 4. The first-order valence-electron chi connectivity index (χ1n) is 9.45. The first kappa shape index (κ1) is 19.3. The van der Waals surface area contributed by atoms with Gasteiger partial charge in [-0.2, -0.15) is 0 Å². The highest BCUT2D eigenvalue weighted by Gasteiger charge is 2.36. The third-order valence-corrected chi connectivity index (χ3v) is 4.70. The summed E-state index contributed by atoms with van der Waals surface area (Å²) in [5.41, 5.74) is 2.14. The van der Waals surface area contributed by atoms with E-state index in [4.69, 9.17) is 18.9 Å². The second-order valence-corrected chi connectivity index (χ2v) is 7.71. The second-order valence-electron chi connectivity index (χ2n) is 7.71. The van der Waals surface area contributed by atoms with E-state index < -0.39 is 11.8 Å². The minimum Gasteiger partial charge on any atom is -0.493 e. The molecule has 0 radical (unpaired) electrons. The standard InChI is InChI=1S/C22H28O5/c1-14(2)20-17(21(23)27-22(3,4)26-20)12-15-10-11-18(19(13-15)24-5)25-16-8-6-7-9-16/h10-13,16H,6-9H2,1-5H3/b17-12-. The number of hydrogen-bond donors (Lipinski definition) is 0. The molecule has 1 saturated carbocycles. The molecule has 1 aliphatic heterocycles. The second kappa shape index (κ2) is 7.67. The fraction of sp³-hybridized carbons (Fsp3) is 0.500. The van der Waals surface area contributed by atoms with Crippen molar-refractivity contribution in [2.45, 2.75) is 65.3 Å². The third-order valence-electron chi connectivity index (χ3n) is 4.70. The van der Waals surface area contributed by atoms with E-state index >= 15 is 0 Å². The van der Waals surface area contributed by atoms with E-state index in [0.29, 0.717) is 17.1 Å². The van der Waals surface area contributed by atoms with E-state index in [-0.39, 0.29) is 6.10 Å². The van der Waals surface area contributed by atoms with Gasteiger partial charge in [0.15, 0.2) is 11.5 Å². The van der Waals surface area contributed by atoms with Crippen molar-refractivity contribution in [3.63, 3.8) is 0 Å². The van der Waals surface area contributed by atoms with Crippen LogP contribution in [0.2, 0.25) is 0 Å². The molecule has 1 saturated heterocycles. The van der Waals surface area contributed by atoms with Crippen LogP contribution in [0.5, 0.6) is 11.5 Å². The van der Waals surface area contributed by atoms with Crippen LogP contribution in [0.3, 0.4) is 0 Å². The summed E-state index contributed by atoms with van der Waals surface area (Å²) >= 11 is 0. The molecule has 27 heavy (non-hydrogen) atoms. The fourth-order valence-electron chi connectivity index (χ4n) is 3.41. The summed E-state index contributed by atoms with van der Waals surface area (Å²) < 4.78 is 22.8. The van der Waals surface area contributed by atoms with E-state index in [2.05, 4.69) is 0 Å². The summed E-state index contributed by atoms with van der Waals surface area (Å²) in [4.78, 5) is 12.5. The lowest BCUT2D eigenvalue weighted by atomic mass is 10.0. The van der Waals surface area contributed by atoms with Gasteiger partial charge in [0.1, 0.15) is 11.3 Å². The lowest BCUT2D eigenvalue weighted by Gasteiger charge is -2.34. The average molecular weight is 372 g/mol. The largest absolute Gasteiger partial charge is 0.493 e. The Kier molecular flexibility index (Phi) is 5.49. The van der Waals surface area contributed by atoms with Gasteiger partial charge in [-0.15, -0.1) is 0 Å². The van der Waals surface area contributed by atoms with Crippen LogP contribution in [0, 0.1) is 0 Å². The van der Waals surface area contributed by atoms with Crippen LogP contribution in [0.1, 0.15) is 58.9 Å². The molecular formula is C22H28O5. The first-order chi connectivity index (χ1) is 12.8. The van der Waals surface area contributed by atoms with Crippen molar-refractivity contribution >= 4 is 12.0 Å². The molecule has 0 amide bonds. The van der Waals surface area contributed by atoms with Crippen molar-refractivity contribution < 1.29 is 23.7 Å². The van der Waals surface area contributed by atoms with Gasteiger partial charge in [0.2, 0.25) is 5.79 Å². The number of hydrogen-bond acceptors (Lipinski definition) is 5. The third kappa shape index (κ3) is 4.46. The molecule has 1 aliphatic carbocycles. The molecular weight excluding hydrogens is 344 g/mol. The summed E-state index contributed by atoms with van der Waals surface area (Å²) in [6.45, 7) is 7.28. The molecule has 2 aliphatic rings. The van der Waals surface area contributed by atoms with Crippen LogP contribution in [0.4, 0.5) is 0 Å². The van der Waals surface area contributed by atoms with Crippen molar-refractivity contribution in [3.05, 3.63) is 40.7 Å². The molecule has 3 rings (SSSR count). The number of cyclic esters (lactones) is 1. The van der Waals surface area contributed by atoms with E-state index in [1.807, 2.05) is 32.0 Å². The smallest absolute Gasteiger partial charge is 0.345 e. The average Bonchev–Trinajstić information content (AvgIpc) is 3.10. The van der Waals surface area contributed by atoms with Crippen LogP contribution in [-0.2, 0) is 14.3 Å². The minimum absolute atomic E-state index is 0.254. The van der Waals surface area contributed by atoms with Crippen molar-refractivity contribution in [3.8, 4) is 11.5 Å². The van der Waals surface area contributed by atoms with Crippen LogP contribution in [-0.4, -0.2) is 25.0 Å². The van der Waals surface area contributed by atoms with Gasteiger partial charge in [0.25, 0.3) is 0 Å². The van der Waals surface area contributed by atoms with Gasteiger partial charge in [-0.25, -0.2) is 4.79 Å². The molecule has 146 valence electrons. The molecule has 0 spiro atoms. The number of allylic oxidation sites excluding steroid dienone is 1. The molecule has 0 unspecified atom stereocenters. The molecule has 5 heteroatoms.